The van der Waals surface area contributed by atoms with Crippen LogP contribution in [0.1, 0.15) is 19.3 Å². The van der Waals surface area contributed by atoms with Crippen molar-refractivity contribution >= 4 is 9.84 Å². The van der Waals surface area contributed by atoms with Gasteiger partial charge in [0.2, 0.25) is 0 Å². The highest BCUT2D eigenvalue weighted by atomic mass is 32.2. The van der Waals surface area contributed by atoms with E-state index < -0.39 is 9.84 Å². The number of hydrogen-bond donors (Lipinski definition) is 0. The van der Waals surface area contributed by atoms with Gasteiger partial charge < -0.3 is 0 Å². The van der Waals surface area contributed by atoms with Gasteiger partial charge in [0, 0.05) is 0 Å². The third-order valence-electron chi connectivity index (χ3n) is 3.96. The van der Waals surface area contributed by atoms with Crippen molar-refractivity contribution in [3.63, 3.8) is 0 Å². The zero-order valence-corrected chi connectivity index (χ0v) is 10.4. The summed E-state index contributed by atoms with van der Waals surface area (Å²) in [6.45, 7) is 3.99. The molecule has 1 aromatic carbocycles. The summed E-state index contributed by atoms with van der Waals surface area (Å²) in [7, 11) is -3.30. The van der Waals surface area contributed by atoms with Gasteiger partial charge in [0.05, 0.1) is 4.90 Å². The molecule has 0 heterocycles. The number of benzene rings is 1. The lowest BCUT2D eigenvalue weighted by Gasteiger charge is -2.32. The Morgan fingerprint density at radius 2 is 1.88 bits per heavy atom. The van der Waals surface area contributed by atoms with Crippen LogP contribution in [0, 0.1) is 17.1 Å². The van der Waals surface area contributed by atoms with Crippen molar-refractivity contribution in [1.29, 1.82) is 0 Å². The smallest absolute Gasteiger partial charge is 0.136 e. The molecule has 2 fully saturated rings. The van der Waals surface area contributed by atoms with Crippen molar-refractivity contribution in [2.24, 2.45) is 11.8 Å². The van der Waals surface area contributed by atoms with Gasteiger partial charge in [-0.25, -0.2) is 15.0 Å². The molecule has 1 aromatic rings. The summed E-state index contributed by atoms with van der Waals surface area (Å²) < 4.78 is 25.1. The van der Waals surface area contributed by atoms with Crippen LogP contribution in [0.2, 0.25) is 0 Å². The molecule has 17 heavy (non-hydrogen) atoms. The Kier molecular flexibility index (Phi) is 2.33. The molecule has 0 aliphatic heterocycles. The minimum absolute atomic E-state index is 0.220. The molecule has 0 radical (unpaired) electrons. The molecule has 2 aliphatic rings. The SMILES string of the molecule is C=C1[C-](S(=O)(=O)c2ccccc2)[C@H]2CC[C@@H]1C2. The van der Waals surface area contributed by atoms with Crippen LogP contribution in [0.5, 0.6) is 0 Å². The number of hydrogen-bond acceptors (Lipinski definition) is 2. The molecule has 2 aliphatic carbocycles. The lowest BCUT2D eigenvalue weighted by Crippen LogP contribution is -2.21. The summed E-state index contributed by atoms with van der Waals surface area (Å²) in [4.78, 5) is 0.406. The van der Waals surface area contributed by atoms with Gasteiger partial charge in [-0.1, -0.05) is 48.6 Å². The summed E-state index contributed by atoms with van der Waals surface area (Å²) in [6, 6.07) is 8.70. The van der Waals surface area contributed by atoms with Crippen molar-refractivity contribution < 1.29 is 8.42 Å². The fourth-order valence-corrected chi connectivity index (χ4v) is 5.05. The van der Waals surface area contributed by atoms with Gasteiger partial charge in [-0.3, -0.25) is 0 Å². The molecule has 2 bridgehead atoms. The van der Waals surface area contributed by atoms with Crippen LogP contribution in [0.15, 0.2) is 47.4 Å². The van der Waals surface area contributed by atoms with Crippen molar-refractivity contribution in [2.45, 2.75) is 24.2 Å². The standard InChI is InChI=1S/C14H15O2S/c1-10-11-7-8-12(9-11)14(10)17(15,16)13-5-3-2-4-6-13/h2-6,11-12H,1,7-9H2/q-1/t11-,12+/m1/s1. The molecule has 3 heteroatoms. The zero-order valence-electron chi connectivity index (χ0n) is 9.59. The lowest BCUT2D eigenvalue weighted by atomic mass is 9.96. The molecule has 0 spiro atoms. The minimum Gasteiger partial charge on any atom is -0.240 e. The van der Waals surface area contributed by atoms with Crippen molar-refractivity contribution in [3.8, 4) is 0 Å². The first-order valence-corrected chi connectivity index (χ1v) is 7.45. The Hall–Kier alpha value is -1.22. The Morgan fingerprint density at radius 1 is 1.18 bits per heavy atom. The molecule has 2 atom stereocenters. The second-order valence-corrected chi connectivity index (χ2v) is 6.83. The second kappa shape index (κ2) is 3.64. The molecular weight excluding hydrogens is 232 g/mol. The maximum atomic E-state index is 12.5. The van der Waals surface area contributed by atoms with Crippen LogP contribution in [-0.4, -0.2) is 8.42 Å². The predicted octanol–water partition coefficient (Wildman–Crippen LogP) is 2.98. The average molecular weight is 247 g/mol. The normalized spacial score (nSPS) is 27.8. The summed E-state index contributed by atoms with van der Waals surface area (Å²) in [6.07, 6.45) is 3.10. The number of sulfone groups is 1. The van der Waals surface area contributed by atoms with Gasteiger partial charge in [0.15, 0.2) is 0 Å². The van der Waals surface area contributed by atoms with Gasteiger partial charge >= 0.3 is 0 Å². The second-order valence-electron chi connectivity index (χ2n) is 4.91. The summed E-state index contributed by atoms with van der Waals surface area (Å²) in [5, 5.41) is 0.611. The number of fused-ring (bicyclic) bond motifs is 2. The van der Waals surface area contributed by atoms with Crippen LogP contribution in [0.3, 0.4) is 0 Å². The molecular formula is C14H15O2S-. The molecule has 90 valence electrons. The topological polar surface area (TPSA) is 34.1 Å². The van der Waals surface area contributed by atoms with Gasteiger partial charge in [-0.05, 0) is 18.1 Å². The predicted molar refractivity (Wildman–Crippen MR) is 66.8 cm³/mol. The highest BCUT2D eigenvalue weighted by Gasteiger charge is 2.41. The van der Waals surface area contributed by atoms with Crippen LogP contribution >= 0.6 is 0 Å². The first-order valence-electron chi connectivity index (χ1n) is 5.97. The molecule has 0 aromatic heterocycles. The zero-order chi connectivity index (χ0) is 12.0. The molecule has 2 nitrogen and oxygen atoms in total. The molecule has 0 unspecified atom stereocenters. The van der Waals surface area contributed by atoms with Gasteiger partial charge in [-0.15, -0.1) is 0 Å². The van der Waals surface area contributed by atoms with E-state index in [0.717, 1.165) is 24.8 Å². The molecule has 0 saturated heterocycles. The molecule has 3 rings (SSSR count). The third-order valence-corrected chi connectivity index (χ3v) is 6.02. The Bertz CT molecular complexity index is 545. The van der Waals surface area contributed by atoms with E-state index in [1.807, 2.05) is 6.07 Å². The Balaban J connectivity index is 2.03. The van der Waals surface area contributed by atoms with E-state index in [4.69, 9.17) is 0 Å². The third kappa shape index (κ3) is 1.53. The van der Waals surface area contributed by atoms with Gasteiger partial charge in [-0.2, -0.15) is 5.57 Å². The van der Waals surface area contributed by atoms with E-state index in [2.05, 4.69) is 6.58 Å². The summed E-state index contributed by atoms with van der Waals surface area (Å²) in [5.74, 6) is 0.631. The highest BCUT2D eigenvalue weighted by molar-refractivity contribution is 7.94. The summed E-state index contributed by atoms with van der Waals surface area (Å²) in [5.41, 5.74) is 0.866. The quantitative estimate of drug-likeness (QED) is 0.753. The van der Waals surface area contributed by atoms with Crippen molar-refractivity contribution in [3.05, 3.63) is 47.7 Å². The van der Waals surface area contributed by atoms with Crippen LogP contribution in [0.4, 0.5) is 0 Å². The largest absolute Gasteiger partial charge is 0.240 e. The summed E-state index contributed by atoms with van der Waals surface area (Å²) >= 11 is 0. The van der Waals surface area contributed by atoms with E-state index >= 15 is 0 Å². The van der Waals surface area contributed by atoms with Crippen molar-refractivity contribution in [1.82, 2.24) is 0 Å². The van der Waals surface area contributed by atoms with Gasteiger partial charge in [0.1, 0.15) is 9.84 Å². The highest BCUT2D eigenvalue weighted by Crippen LogP contribution is 2.55. The average Bonchev–Trinajstić information content (AvgIpc) is 2.90. The lowest BCUT2D eigenvalue weighted by molar-refractivity contribution is 0.568. The first kappa shape index (κ1) is 10.9. The van der Waals surface area contributed by atoms with Gasteiger partial charge in [0.25, 0.3) is 0 Å². The van der Waals surface area contributed by atoms with E-state index in [9.17, 15) is 8.42 Å². The fourth-order valence-electron chi connectivity index (χ4n) is 3.12. The fraction of sp³-hybridized carbons (Fsp3) is 0.357. The van der Waals surface area contributed by atoms with E-state index in [-0.39, 0.29) is 5.92 Å². The van der Waals surface area contributed by atoms with Crippen LogP contribution in [-0.2, 0) is 9.84 Å². The molecule has 0 N–H and O–H groups in total. The first-order chi connectivity index (χ1) is 8.10. The van der Waals surface area contributed by atoms with E-state index in [0.29, 0.717) is 16.1 Å². The van der Waals surface area contributed by atoms with E-state index in [1.54, 1.807) is 24.3 Å². The van der Waals surface area contributed by atoms with E-state index in [1.165, 1.54) is 0 Å². The Labute approximate surface area is 102 Å². The molecule has 2 saturated carbocycles. The van der Waals surface area contributed by atoms with Crippen LogP contribution < -0.4 is 0 Å². The Morgan fingerprint density at radius 3 is 2.47 bits per heavy atom. The maximum absolute atomic E-state index is 12.5. The number of rotatable bonds is 2. The monoisotopic (exact) mass is 247 g/mol. The van der Waals surface area contributed by atoms with Crippen LogP contribution in [0.25, 0.3) is 0 Å². The minimum atomic E-state index is -3.30. The molecule has 0 amide bonds. The maximum Gasteiger partial charge on any atom is 0.136 e. The van der Waals surface area contributed by atoms with Crippen molar-refractivity contribution in [2.75, 3.05) is 0 Å².